The van der Waals surface area contributed by atoms with E-state index in [-0.39, 0.29) is 6.04 Å². The number of hydrogen-bond acceptors (Lipinski definition) is 2. The first-order valence-electron chi connectivity index (χ1n) is 7.12. The van der Waals surface area contributed by atoms with Gasteiger partial charge in [-0.3, -0.25) is 0 Å². The molecule has 2 nitrogen and oxygen atoms in total. The minimum absolute atomic E-state index is 0.167. The fraction of sp³-hybridized carbons (Fsp3) is 0.333. The van der Waals surface area contributed by atoms with E-state index in [4.69, 9.17) is 16.3 Å². The summed E-state index contributed by atoms with van der Waals surface area (Å²) >= 11 is 6.36. The Bertz CT molecular complexity index is 625. The van der Waals surface area contributed by atoms with Crippen molar-refractivity contribution in [1.82, 2.24) is 5.32 Å². The third kappa shape index (κ3) is 3.78. The molecule has 0 aliphatic rings. The molecule has 2 rings (SSSR count). The average Bonchev–Trinajstić information content (AvgIpc) is 2.46. The number of ether oxygens (including phenoxy) is 1. The number of methoxy groups -OCH3 is 1. The van der Waals surface area contributed by atoms with Gasteiger partial charge in [-0.1, -0.05) is 41.4 Å². The van der Waals surface area contributed by atoms with Crippen LogP contribution in [-0.4, -0.2) is 14.2 Å². The van der Waals surface area contributed by atoms with E-state index in [1.165, 1.54) is 11.1 Å². The number of rotatable bonds is 5. The van der Waals surface area contributed by atoms with Crippen molar-refractivity contribution < 1.29 is 4.74 Å². The van der Waals surface area contributed by atoms with E-state index in [1.54, 1.807) is 7.11 Å². The smallest absolute Gasteiger partial charge is 0.123 e. The molecule has 0 saturated heterocycles. The van der Waals surface area contributed by atoms with Crippen molar-refractivity contribution in [3.8, 4) is 5.75 Å². The lowest BCUT2D eigenvalue weighted by Crippen LogP contribution is -2.20. The Labute approximate surface area is 132 Å². The Morgan fingerprint density at radius 2 is 1.76 bits per heavy atom. The number of likely N-dealkylation sites (N-methyl/N-ethyl adjacent to an activating group) is 1. The molecule has 0 aromatic heterocycles. The zero-order valence-corrected chi connectivity index (χ0v) is 13.8. The van der Waals surface area contributed by atoms with Crippen molar-refractivity contribution in [2.75, 3.05) is 14.2 Å². The van der Waals surface area contributed by atoms with E-state index in [0.29, 0.717) is 0 Å². The zero-order chi connectivity index (χ0) is 15.4. The van der Waals surface area contributed by atoms with Crippen molar-refractivity contribution in [1.29, 1.82) is 0 Å². The Hall–Kier alpha value is -1.51. The predicted octanol–water partition coefficient (Wildman–Crippen LogP) is 4.47. The van der Waals surface area contributed by atoms with Gasteiger partial charge in [0.1, 0.15) is 5.75 Å². The number of nitrogens with one attached hydrogen (secondary N) is 1. The second kappa shape index (κ2) is 6.97. The molecule has 2 aromatic rings. The predicted molar refractivity (Wildman–Crippen MR) is 89.4 cm³/mol. The van der Waals surface area contributed by atoms with Crippen molar-refractivity contribution in [3.63, 3.8) is 0 Å². The maximum atomic E-state index is 6.36. The quantitative estimate of drug-likeness (QED) is 0.880. The molecule has 0 radical (unpaired) electrons. The minimum Gasteiger partial charge on any atom is -0.496 e. The molecule has 0 spiro atoms. The average molecular weight is 304 g/mol. The molecule has 0 saturated carbocycles. The summed E-state index contributed by atoms with van der Waals surface area (Å²) in [5.41, 5.74) is 4.71. The molecule has 0 aliphatic carbocycles. The molecule has 1 atom stereocenters. The second-order valence-corrected chi connectivity index (χ2v) is 5.79. The van der Waals surface area contributed by atoms with Crippen molar-refractivity contribution in [2.45, 2.75) is 26.3 Å². The van der Waals surface area contributed by atoms with E-state index < -0.39 is 0 Å². The molecule has 0 aliphatic heterocycles. The Morgan fingerprint density at radius 1 is 1.10 bits per heavy atom. The Kier molecular flexibility index (Phi) is 5.27. The van der Waals surface area contributed by atoms with Gasteiger partial charge >= 0.3 is 0 Å². The molecule has 0 heterocycles. The lowest BCUT2D eigenvalue weighted by Gasteiger charge is -2.21. The molecule has 0 bridgehead atoms. The highest BCUT2D eigenvalue weighted by molar-refractivity contribution is 6.31. The van der Waals surface area contributed by atoms with Crippen LogP contribution < -0.4 is 10.1 Å². The second-order valence-electron chi connectivity index (χ2n) is 5.39. The van der Waals surface area contributed by atoms with E-state index in [1.807, 2.05) is 19.2 Å². The fourth-order valence-electron chi connectivity index (χ4n) is 2.53. The van der Waals surface area contributed by atoms with E-state index in [2.05, 4.69) is 43.4 Å². The third-order valence-corrected chi connectivity index (χ3v) is 4.09. The first-order valence-corrected chi connectivity index (χ1v) is 7.49. The van der Waals surface area contributed by atoms with Gasteiger partial charge in [0.2, 0.25) is 0 Å². The van der Waals surface area contributed by atoms with Gasteiger partial charge in [-0.05, 0) is 50.6 Å². The minimum atomic E-state index is 0.167. The van der Waals surface area contributed by atoms with Gasteiger partial charge in [0.05, 0.1) is 7.11 Å². The molecule has 3 heteroatoms. The highest BCUT2D eigenvalue weighted by Crippen LogP contribution is 2.30. The van der Waals surface area contributed by atoms with Gasteiger partial charge in [-0.25, -0.2) is 0 Å². The molecule has 0 amide bonds. The summed E-state index contributed by atoms with van der Waals surface area (Å²) in [5, 5.41) is 4.19. The van der Waals surface area contributed by atoms with Crippen molar-refractivity contribution in [3.05, 3.63) is 63.7 Å². The van der Waals surface area contributed by atoms with Gasteiger partial charge in [-0.2, -0.15) is 0 Å². The highest BCUT2D eigenvalue weighted by Gasteiger charge is 2.16. The summed E-state index contributed by atoms with van der Waals surface area (Å²) in [7, 11) is 3.67. The maximum absolute atomic E-state index is 6.36. The lowest BCUT2D eigenvalue weighted by atomic mass is 9.96. The normalized spacial score (nSPS) is 12.2. The SMILES string of the molecule is CNC(Cc1ccc(C)cc1Cl)c1cc(C)ccc1OC. The molecule has 2 aromatic carbocycles. The molecule has 1 unspecified atom stereocenters. The van der Waals surface area contributed by atoms with Crippen LogP contribution in [0.25, 0.3) is 0 Å². The van der Waals surface area contributed by atoms with Crippen LogP contribution in [-0.2, 0) is 6.42 Å². The van der Waals surface area contributed by atoms with Gasteiger partial charge in [-0.15, -0.1) is 0 Å². The standard InChI is InChI=1S/C18H22ClNO/c1-12-6-8-18(21-4)15(9-12)17(20-3)11-14-7-5-13(2)10-16(14)19/h5-10,17,20H,11H2,1-4H3. The topological polar surface area (TPSA) is 21.3 Å². The van der Waals surface area contributed by atoms with Crippen molar-refractivity contribution in [2.24, 2.45) is 0 Å². The summed E-state index contributed by atoms with van der Waals surface area (Å²) in [6.07, 6.45) is 0.829. The van der Waals surface area contributed by atoms with Crippen LogP contribution in [0.3, 0.4) is 0 Å². The fourth-order valence-corrected chi connectivity index (χ4v) is 2.84. The van der Waals surface area contributed by atoms with Crippen LogP contribution in [0.5, 0.6) is 5.75 Å². The summed E-state index contributed by atoms with van der Waals surface area (Å²) in [6, 6.07) is 12.6. The van der Waals surface area contributed by atoms with Crippen LogP contribution in [0.4, 0.5) is 0 Å². The van der Waals surface area contributed by atoms with E-state index in [9.17, 15) is 0 Å². The summed E-state index contributed by atoms with van der Waals surface area (Å²) in [5.74, 6) is 0.906. The number of benzene rings is 2. The summed E-state index contributed by atoms with van der Waals surface area (Å²) in [4.78, 5) is 0. The molecular weight excluding hydrogens is 282 g/mol. The Morgan fingerprint density at radius 3 is 2.38 bits per heavy atom. The number of halogens is 1. The first kappa shape index (κ1) is 15.9. The van der Waals surface area contributed by atoms with Crippen molar-refractivity contribution >= 4 is 11.6 Å². The summed E-state index contributed by atoms with van der Waals surface area (Å²) in [6.45, 7) is 4.14. The number of hydrogen-bond donors (Lipinski definition) is 1. The van der Waals surface area contributed by atoms with Gasteiger partial charge in [0, 0.05) is 16.6 Å². The largest absolute Gasteiger partial charge is 0.496 e. The third-order valence-electron chi connectivity index (χ3n) is 3.74. The van der Waals surface area contributed by atoms with Crippen LogP contribution in [0.15, 0.2) is 36.4 Å². The number of aryl methyl sites for hydroxylation is 2. The van der Waals surface area contributed by atoms with Gasteiger partial charge in [0.15, 0.2) is 0 Å². The molecular formula is C18H22ClNO. The molecule has 1 N–H and O–H groups in total. The molecule has 0 fully saturated rings. The monoisotopic (exact) mass is 303 g/mol. The first-order chi connectivity index (χ1) is 10.0. The molecule has 112 valence electrons. The lowest BCUT2D eigenvalue weighted by molar-refractivity contribution is 0.401. The maximum Gasteiger partial charge on any atom is 0.123 e. The Balaban J connectivity index is 2.34. The molecule has 21 heavy (non-hydrogen) atoms. The van der Waals surface area contributed by atoms with E-state index >= 15 is 0 Å². The van der Waals surface area contributed by atoms with Gasteiger partial charge in [0.25, 0.3) is 0 Å². The van der Waals surface area contributed by atoms with E-state index in [0.717, 1.165) is 28.3 Å². The summed E-state index contributed by atoms with van der Waals surface area (Å²) < 4.78 is 5.50. The van der Waals surface area contributed by atoms with Crippen LogP contribution in [0.1, 0.15) is 28.3 Å². The highest BCUT2D eigenvalue weighted by atomic mass is 35.5. The van der Waals surface area contributed by atoms with Crippen LogP contribution >= 0.6 is 11.6 Å². The zero-order valence-electron chi connectivity index (χ0n) is 13.0. The van der Waals surface area contributed by atoms with Gasteiger partial charge < -0.3 is 10.1 Å². The van der Waals surface area contributed by atoms with Crippen LogP contribution in [0, 0.1) is 13.8 Å². The van der Waals surface area contributed by atoms with Crippen LogP contribution in [0.2, 0.25) is 5.02 Å².